The van der Waals surface area contributed by atoms with Crippen molar-refractivity contribution in [1.29, 1.82) is 0 Å². The molecule has 0 unspecified atom stereocenters. The van der Waals surface area contributed by atoms with E-state index in [1.165, 1.54) is 0 Å². The van der Waals surface area contributed by atoms with Crippen molar-refractivity contribution in [2.24, 2.45) is 0 Å². The third kappa shape index (κ3) is 3.66. The number of thiocarbonyl (C=S) groups is 1. The Labute approximate surface area is 106 Å². The minimum Gasteiger partial charge on any atom is -0.271 e. The van der Waals surface area contributed by atoms with Gasteiger partial charge in [0, 0.05) is 5.56 Å². The van der Waals surface area contributed by atoms with E-state index in [4.69, 9.17) is 17.1 Å². The normalized spacial score (nSPS) is 9.88. The second-order valence-corrected chi connectivity index (χ2v) is 3.98. The van der Waals surface area contributed by atoms with E-state index in [0.29, 0.717) is 11.6 Å². The summed E-state index contributed by atoms with van der Waals surface area (Å²) in [4.78, 5) is 5.94. The third-order valence-corrected chi connectivity index (χ3v) is 2.60. The Morgan fingerprint density at radius 3 is 2.18 bits per heavy atom. The minimum absolute atomic E-state index is 0.494. The molecule has 2 rings (SSSR count). The van der Waals surface area contributed by atoms with Gasteiger partial charge in [0.05, 0.1) is 6.61 Å². The second kappa shape index (κ2) is 6.13. The van der Waals surface area contributed by atoms with E-state index in [0.717, 1.165) is 11.1 Å². The molecule has 0 bridgehead atoms. The number of nitrogens with one attached hydrogen (secondary N) is 1. The first-order chi connectivity index (χ1) is 8.36. The lowest BCUT2D eigenvalue weighted by Gasteiger charge is -2.08. The maximum absolute atomic E-state index is 5.34. The van der Waals surface area contributed by atoms with Crippen molar-refractivity contribution in [2.45, 2.75) is 6.61 Å². The fourth-order valence-corrected chi connectivity index (χ4v) is 1.60. The molecule has 0 radical (unpaired) electrons. The molecule has 2 aromatic rings. The summed E-state index contributed by atoms with van der Waals surface area (Å²) in [5, 5.41) is 0. The molecule has 0 atom stereocenters. The lowest BCUT2D eigenvalue weighted by atomic mass is 10.2. The van der Waals surface area contributed by atoms with Gasteiger partial charge >= 0.3 is 0 Å². The van der Waals surface area contributed by atoms with Gasteiger partial charge in [0.25, 0.3) is 0 Å². The first-order valence-electron chi connectivity index (χ1n) is 5.37. The van der Waals surface area contributed by atoms with Crippen LogP contribution in [0.4, 0.5) is 0 Å². The van der Waals surface area contributed by atoms with Crippen molar-refractivity contribution >= 4 is 17.2 Å². The number of benzene rings is 2. The van der Waals surface area contributed by atoms with Crippen LogP contribution in [-0.2, 0) is 11.4 Å². The van der Waals surface area contributed by atoms with Crippen LogP contribution in [0.15, 0.2) is 60.7 Å². The van der Waals surface area contributed by atoms with E-state index in [9.17, 15) is 0 Å². The van der Waals surface area contributed by atoms with Gasteiger partial charge in [-0.1, -0.05) is 72.9 Å². The Kier molecular flexibility index (Phi) is 4.24. The number of rotatable bonds is 4. The summed E-state index contributed by atoms with van der Waals surface area (Å²) >= 11 is 5.20. The van der Waals surface area contributed by atoms with Crippen LogP contribution in [0.5, 0.6) is 0 Å². The quantitative estimate of drug-likeness (QED) is 0.658. The van der Waals surface area contributed by atoms with Crippen LogP contribution in [0.3, 0.4) is 0 Å². The highest BCUT2D eigenvalue weighted by Gasteiger charge is 1.99. The summed E-state index contributed by atoms with van der Waals surface area (Å²) in [5.74, 6) is 0. The van der Waals surface area contributed by atoms with Gasteiger partial charge in [0.15, 0.2) is 0 Å². The average Bonchev–Trinajstić information content (AvgIpc) is 2.41. The van der Waals surface area contributed by atoms with E-state index in [-0.39, 0.29) is 0 Å². The van der Waals surface area contributed by atoms with Gasteiger partial charge in [0.2, 0.25) is 0 Å². The molecular weight excluding hydrogens is 230 g/mol. The van der Waals surface area contributed by atoms with Gasteiger partial charge in [0.1, 0.15) is 4.99 Å². The van der Waals surface area contributed by atoms with Gasteiger partial charge < -0.3 is 0 Å². The average molecular weight is 243 g/mol. The zero-order valence-electron chi connectivity index (χ0n) is 9.30. The number of hydroxylamine groups is 1. The van der Waals surface area contributed by atoms with Crippen LogP contribution in [-0.4, -0.2) is 4.99 Å². The molecule has 0 aliphatic carbocycles. The Morgan fingerprint density at radius 2 is 1.53 bits per heavy atom. The highest BCUT2D eigenvalue weighted by molar-refractivity contribution is 7.80. The Hall–Kier alpha value is -1.71. The van der Waals surface area contributed by atoms with Crippen LogP contribution >= 0.6 is 12.2 Å². The Bertz CT molecular complexity index is 470. The summed E-state index contributed by atoms with van der Waals surface area (Å²) in [6.07, 6.45) is 0. The molecule has 0 saturated heterocycles. The molecule has 86 valence electrons. The molecular formula is C14H13NOS. The predicted octanol–water partition coefficient (Wildman–Crippen LogP) is 3.08. The van der Waals surface area contributed by atoms with Crippen molar-refractivity contribution in [2.75, 3.05) is 0 Å². The molecule has 0 fully saturated rings. The van der Waals surface area contributed by atoms with Crippen LogP contribution in [0.1, 0.15) is 11.1 Å². The molecule has 0 heterocycles. The van der Waals surface area contributed by atoms with Crippen molar-refractivity contribution in [3.8, 4) is 0 Å². The van der Waals surface area contributed by atoms with Gasteiger partial charge in [-0.3, -0.25) is 10.3 Å². The zero-order valence-corrected chi connectivity index (χ0v) is 10.1. The molecule has 3 heteroatoms. The van der Waals surface area contributed by atoms with Crippen LogP contribution in [0.25, 0.3) is 0 Å². The number of hydrogen-bond acceptors (Lipinski definition) is 2. The standard InChI is InChI=1S/C14H13NOS/c17-14(13-9-5-2-6-10-13)15-16-11-12-7-3-1-4-8-12/h1-10H,11H2,(H,15,17). The monoisotopic (exact) mass is 243 g/mol. The Morgan fingerprint density at radius 1 is 0.941 bits per heavy atom. The van der Waals surface area contributed by atoms with Crippen molar-refractivity contribution in [1.82, 2.24) is 5.48 Å². The molecule has 0 aromatic heterocycles. The van der Waals surface area contributed by atoms with Gasteiger partial charge in [-0.05, 0) is 5.56 Å². The van der Waals surface area contributed by atoms with Crippen molar-refractivity contribution in [3.63, 3.8) is 0 Å². The number of hydrogen-bond donors (Lipinski definition) is 1. The fraction of sp³-hybridized carbons (Fsp3) is 0.0714. The summed E-state index contributed by atoms with van der Waals surface area (Å²) < 4.78 is 0. The molecule has 2 aromatic carbocycles. The third-order valence-electron chi connectivity index (χ3n) is 2.28. The smallest absolute Gasteiger partial charge is 0.130 e. The van der Waals surface area contributed by atoms with Crippen LogP contribution in [0, 0.1) is 0 Å². The molecule has 0 saturated carbocycles. The molecule has 17 heavy (non-hydrogen) atoms. The van der Waals surface area contributed by atoms with Gasteiger partial charge in [-0.2, -0.15) is 0 Å². The molecule has 0 aliphatic rings. The summed E-state index contributed by atoms with van der Waals surface area (Å²) in [7, 11) is 0. The summed E-state index contributed by atoms with van der Waals surface area (Å²) in [6.45, 7) is 0.494. The van der Waals surface area contributed by atoms with Crippen molar-refractivity contribution < 1.29 is 4.84 Å². The molecule has 1 N–H and O–H groups in total. The minimum atomic E-state index is 0.494. The molecule has 2 nitrogen and oxygen atoms in total. The van der Waals surface area contributed by atoms with Crippen LogP contribution < -0.4 is 5.48 Å². The van der Waals surface area contributed by atoms with E-state index in [1.807, 2.05) is 60.7 Å². The van der Waals surface area contributed by atoms with E-state index in [1.54, 1.807) is 0 Å². The van der Waals surface area contributed by atoms with E-state index < -0.39 is 0 Å². The van der Waals surface area contributed by atoms with E-state index in [2.05, 4.69) is 5.48 Å². The van der Waals surface area contributed by atoms with Gasteiger partial charge in [-0.25, -0.2) is 0 Å². The second-order valence-electron chi connectivity index (χ2n) is 3.57. The maximum atomic E-state index is 5.34. The summed E-state index contributed by atoms with van der Waals surface area (Å²) in [5.41, 5.74) is 4.84. The highest BCUT2D eigenvalue weighted by Crippen LogP contribution is 2.02. The maximum Gasteiger partial charge on any atom is 0.130 e. The molecule has 0 aliphatic heterocycles. The van der Waals surface area contributed by atoms with E-state index >= 15 is 0 Å². The predicted molar refractivity (Wildman–Crippen MR) is 72.5 cm³/mol. The van der Waals surface area contributed by atoms with Crippen molar-refractivity contribution in [3.05, 3.63) is 71.8 Å². The SMILES string of the molecule is S=C(NOCc1ccccc1)c1ccccc1. The largest absolute Gasteiger partial charge is 0.271 e. The zero-order chi connectivity index (χ0) is 11.9. The molecule has 0 spiro atoms. The van der Waals surface area contributed by atoms with Gasteiger partial charge in [-0.15, -0.1) is 0 Å². The first kappa shape index (κ1) is 11.8. The molecule has 0 amide bonds. The Balaban J connectivity index is 1.82. The highest BCUT2D eigenvalue weighted by atomic mass is 32.1. The fourth-order valence-electron chi connectivity index (χ4n) is 1.41. The summed E-state index contributed by atoms with van der Waals surface area (Å²) in [6, 6.07) is 19.7. The first-order valence-corrected chi connectivity index (χ1v) is 5.78. The topological polar surface area (TPSA) is 21.3 Å². The lowest BCUT2D eigenvalue weighted by Crippen LogP contribution is -2.22. The van der Waals surface area contributed by atoms with Crippen LogP contribution in [0.2, 0.25) is 0 Å². The lowest BCUT2D eigenvalue weighted by molar-refractivity contribution is 0.0732.